The molecule has 1 aromatic carbocycles. The molecule has 2 nitrogen and oxygen atoms in total. The Balaban J connectivity index is 2.73. The van der Waals surface area contributed by atoms with Crippen LogP contribution in [0, 0.1) is 0 Å². The SMILES string of the molecule is CCCS(=O)CC(NC)c1ccc(C(C)C)cc1. The Morgan fingerprint density at radius 1 is 1.17 bits per heavy atom. The Morgan fingerprint density at radius 3 is 2.17 bits per heavy atom. The van der Waals surface area contributed by atoms with Crippen LogP contribution in [0.4, 0.5) is 0 Å². The van der Waals surface area contributed by atoms with Gasteiger partial charge in [-0.05, 0) is 30.5 Å². The molecule has 0 spiro atoms. The number of hydrogen-bond donors (Lipinski definition) is 1. The van der Waals surface area contributed by atoms with Gasteiger partial charge in [0, 0.05) is 28.3 Å². The van der Waals surface area contributed by atoms with Crippen LogP contribution in [0.3, 0.4) is 0 Å². The van der Waals surface area contributed by atoms with Crippen LogP contribution in [0.5, 0.6) is 0 Å². The molecule has 1 rings (SSSR count). The van der Waals surface area contributed by atoms with Gasteiger partial charge < -0.3 is 5.32 Å². The average Bonchev–Trinajstić information content (AvgIpc) is 2.36. The van der Waals surface area contributed by atoms with Crippen molar-refractivity contribution in [3.05, 3.63) is 35.4 Å². The summed E-state index contributed by atoms with van der Waals surface area (Å²) in [6, 6.07) is 8.85. The van der Waals surface area contributed by atoms with Gasteiger partial charge in [-0.1, -0.05) is 45.0 Å². The minimum Gasteiger partial charge on any atom is -0.312 e. The molecular formula is C15H25NOS. The lowest BCUT2D eigenvalue weighted by Gasteiger charge is -2.17. The summed E-state index contributed by atoms with van der Waals surface area (Å²) in [6.45, 7) is 6.46. The van der Waals surface area contributed by atoms with Crippen LogP contribution in [-0.4, -0.2) is 22.8 Å². The van der Waals surface area contributed by atoms with Gasteiger partial charge in [-0.2, -0.15) is 0 Å². The molecular weight excluding hydrogens is 242 g/mol. The van der Waals surface area contributed by atoms with Gasteiger partial charge in [0.2, 0.25) is 0 Å². The molecule has 0 amide bonds. The highest BCUT2D eigenvalue weighted by Crippen LogP contribution is 2.19. The lowest BCUT2D eigenvalue weighted by molar-refractivity contribution is 0.634. The van der Waals surface area contributed by atoms with Crippen LogP contribution < -0.4 is 5.32 Å². The van der Waals surface area contributed by atoms with Crippen molar-refractivity contribution in [2.24, 2.45) is 0 Å². The summed E-state index contributed by atoms with van der Waals surface area (Å²) in [5.41, 5.74) is 2.58. The predicted molar refractivity (Wildman–Crippen MR) is 80.5 cm³/mol. The van der Waals surface area contributed by atoms with Crippen LogP contribution in [0.1, 0.15) is 50.3 Å². The monoisotopic (exact) mass is 267 g/mol. The molecule has 2 unspecified atom stereocenters. The summed E-state index contributed by atoms with van der Waals surface area (Å²) in [5, 5.41) is 3.26. The Hall–Kier alpha value is -0.670. The zero-order chi connectivity index (χ0) is 13.5. The van der Waals surface area contributed by atoms with Gasteiger partial charge in [-0.3, -0.25) is 4.21 Å². The normalized spacial score (nSPS) is 14.7. The summed E-state index contributed by atoms with van der Waals surface area (Å²) in [4.78, 5) is 0. The number of rotatable bonds is 7. The molecule has 1 N–H and O–H groups in total. The van der Waals surface area contributed by atoms with Gasteiger partial charge in [-0.15, -0.1) is 0 Å². The standard InChI is InChI=1S/C15H25NOS/c1-5-10-18(17)11-15(16-4)14-8-6-13(7-9-14)12(2)3/h6-9,12,15-16H,5,10-11H2,1-4H3. The van der Waals surface area contributed by atoms with E-state index in [2.05, 4.69) is 50.4 Å². The third kappa shape index (κ3) is 4.54. The second-order valence-electron chi connectivity index (χ2n) is 4.97. The van der Waals surface area contributed by atoms with Gasteiger partial charge in [-0.25, -0.2) is 0 Å². The first-order valence-electron chi connectivity index (χ1n) is 6.70. The first kappa shape index (κ1) is 15.4. The topological polar surface area (TPSA) is 29.1 Å². The third-order valence-electron chi connectivity index (χ3n) is 3.14. The van der Waals surface area contributed by atoms with E-state index < -0.39 is 10.8 Å². The summed E-state index contributed by atoms with van der Waals surface area (Å²) in [7, 11) is 1.21. The maximum absolute atomic E-state index is 11.8. The molecule has 0 radical (unpaired) electrons. The largest absolute Gasteiger partial charge is 0.312 e. The second kappa shape index (κ2) is 7.70. The van der Waals surface area contributed by atoms with Crippen molar-refractivity contribution in [2.45, 2.75) is 39.2 Å². The van der Waals surface area contributed by atoms with E-state index in [1.165, 1.54) is 11.1 Å². The maximum atomic E-state index is 11.8. The van der Waals surface area contributed by atoms with E-state index in [0.717, 1.165) is 12.2 Å². The highest BCUT2D eigenvalue weighted by molar-refractivity contribution is 7.85. The predicted octanol–water partition coefficient (Wildman–Crippen LogP) is 3.23. The summed E-state index contributed by atoms with van der Waals surface area (Å²) < 4.78 is 11.8. The molecule has 18 heavy (non-hydrogen) atoms. The van der Waals surface area contributed by atoms with Crippen molar-refractivity contribution in [3.8, 4) is 0 Å². The van der Waals surface area contributed by atoms with E-state index in [1.54, 1.807) is 0 Å². The minimum absolute atomic E-state index is 0.193. The van der Waals surface area contributed by atoms with Crippen molar-refractivity contribution in [1.29, 1.82) is 0 Å². The van der Waals surface area contributed by atoms with Gasteiger partial charge >= 0.3 is 0 Å². The molecule has 0 fully saturated rings. The highest BCUT2D eigenvalue weighted by Gasteiger charge is 2.12. The quantitative estimate of drug-likeness (QED) is 0.822. The van der Waals surface area contributed by atoms with Crippen LogP contribution in [-0.2, 0) is 10.8 Å². The summed E-state index contributed by atoms with van der Waals surface area (Å²) in [5.74, 6) is 2.05. The fraction of sp³-hybridized carbons (Fsp3) is 0.600. The molecule has 1 aromatic rings. The Labute approximate surface area is 114 Å². The Bertz CT molecular complexity index is 373. The van der Waals surface area contributed by atoms with Crippen LogP contribution in [0.2, 0.25) is 0 Å². The van der Waals surface area contributed by atoms with Crippen LogP contribution >= 0.6 is 0 Å². The zero-order valence-corrected chi connectivity index (χ0v) is 12.7. The first-order valence-corrected chi connectivity index (χ1v) is 8.19. The number of benzene rings is 1. The van der Waals surface area contributed by atoms with E-state index in [4.69, 9.17) is 0 Å². The Kier molecular flexibility index (Phi) is 6.58. The molecule has 102 valence electrons. The zero-order valence-electron chi connectivity index (χ0n) is 11.9. The fourth-order valence-corrected chi connectivity index (χ4v) is 3.31. The molecule has 0 aromatic heterocycles. The van der Waals surface area contributed by atoms with E-state index in [9.17, 15) is 4.21 Å². The highest BCUT2D eigenvalue weighted by atomic mass is 32.2. The average molecular weight is 267 g/mol. The molecule has 2 atom stereocenters. The van der Waals surface area contributed by atoms with Crippen molar-refractivity contribution in [3.63, 3.8) is 0 Å². The molecule has 0 saturated carbocycles. The summed E-state index contributed by atoms with van der Waals surface area (Å²) in [6.07, 6.45) is 0.981. The molecule has 0 aliphatic carbocycles. The van der Waals surface area contributed by atoms with Gasteiger partial charge in [0.1, 0.15) is 0 Å². The maximum Gasteiger partial charge on any atom is 0.0434 e. The van der Waals surface area contributed by atoms with Crippen LogP contribution in [0.25, 0.3) is 0 Å². The first-order chi connectivity index (χ1) is 8.58. The molecule has 0 aliphatic rings. The van der Waals surface area contributed by atoms with Crippen LogP contribution in [0.15, 0.2) is 24.3 Å². The van der Waals surface area contributed by atoms with Crippen molar-refractivity contribution >= 4 is 10.8 Å². The summed E-state index contributed by atoms with van der Waals surface area (Å²) >= 11 is 0. The van der Waals surface area contributed by atoms with Crippen molar-refractivity contribution < 1.29 is 4.21 Å². The van der Waals surface area contributed by atoms with Crippen molar-refractivity contribution in [1.82, 2.24) is 5.32 Å². The number of hydrogen-bond acceptors (Lipinski definition) is 2. The fourth-order valence-electron chi connectivity index (χ4n) is 1.96. The van der Waals surface area contributed by atoms with Gasteiger partial charge in [0.05, 0.1) is 0 Å². The minimum atomic E-state index is -0.727. The molecule has 0 saturated heterocycles. The van der Waals surface area contributed by atoms with E-state index in [1.807, 2.05) is 7.05 Å². The number of nitrogens with one attached hydrogen (secondary N) is 1. The lowest BCUT2D eigenvalue weighted by Crippen LogP contribution is -2.23. The lowest BCUT2D eigenvalue weighted by atomic mass is 10.00. The van der Waals surface area contributed by atoms with Crippen molar-refractivity contribution in [2.75, 3.05) is 18.6 Å². The van der Waals surface area contributed by atoms with E-state index in [-0.39, 0.29) is 6.04 Å². The third-order valence-corrected chi connectivity index (χ3v) is 4.71. The second-order valence-corrected chi connectivity index (χ2v) is 6.59. The van der Waals surface area contributed by atoms with E-state index in [0.29, 0.717) is 11.7 Å². The van der Waals surface area contributed by atoms with Gasteiger partial charge in [0.15, 0.2) is 0 Å². The molecule has 0 heterocycles. The molecule has 3 heteroatoms. The smallest absolute Gasteiger partial charge is 0.0434 e. The Morgan fingerprint density at radius 2 is 1.72 bits per heavy atom. The molecule has 0 bridgehead atoms. The molecule has 0 aliphatic heterocycles. The van der Waals surface area contributed by atoms with Gasteiger partial charge in [0.25, 0.3) is 0 Å². The van der Waals surface area contributed by atoms with E-state index >= 15 is 0 Å².